The van der Waals surface area contributed by atoms with Crippen LogP contribution in [-0.4, -0.2) is 40.5 Å². The lowest BCUT2D eigenvalue weighted by atomic mass is 10.2. The monoisotopic (exact) mass is 337 g/mol. The van der Waals surface area contributed by atoms with Gasteiger partial charge in [0.15, 0.2) is 0 Å². The topological polar surface area (TPSA) is 45.5 Å². The molecule has 132 valence electrons. The maximum Gasteiger partial charge on any atom is 0.148 e. The van der Waals surface area contributed by atoms with Crippen LogP contribution in [0.3, 0.4) is 0 Å². The molecule has 5 nitrogen and oxygen atoms in total. The van der Waals surface area contributed by atoms with E-state index in [2.05, 4.69) is 60.2 Å². The van der Waals surface area contributed by atoms with Gasteiger partial charge in [0.2, 0.25) is 0 Å². The normalized spacial score (nSPS) is 11.4. The van der Waals surface area contributed by atoms with Gasteiger partial charge in [-0.15, -0.1) is 0 Å². The molecule has 5 heteroatoms. The largest absolute Gasteiger partial charge is 0.356 e. The van der Waals surface area contributed by atoms with Gasteiger partial charge in [-0.25, -0.2) is 9.97 Å². The van der Waals surface area contributed by atoms with Crippen molar-refractivity contribution in [1.82, 2.24) is 19.7 Å². The summed E-state index contributed by atoms with van der Waals surface area (Å²) in [5.74, 6) is 1.01. The molecule has 0 bridgehead atoms. The van der Waals surface area contributed by atoms with E-state index < -0.39 is 0 Å². The highest BCUT2D eigenvalue weighted by Crippen LogP contribution is 2.25. The van der Waals surface area contributed by atoms with Gasteiger partial charge in [0.25, 0.3) is 0 Å². The third-order valence-corrected chi connectivity index (χ3v) is 4.75. The fourth-order valence-corrected chi connectivity index (χ4v) is 3.19. The Balaban J connectivity index is 2.16. The van der Waals surface area contributed by atoms with Gasteiger partial charge in [-0.1, -0.05) is 19.6 Å². The van der Waals surface area contributed by atoms with Crippen LogP contribution in [0, 0.1) is 13.8 Å². The molecule has 0 atom stereocenters. The molecular weight excluding hydrogens is 310 g/mol. The van der Waals surface area contributed by atoms with E-state index in [-0.39, 0.29) is 0 Å². The van der Waals surface area contributed by atoms with E-state index in [9.17, 15) is 0 Å². The first-order valence-corrected chi connectivity index (χ1v) is 8.98. The van der Waals surface area contributed by atoms with Gasteiger partial charge in [0.05, 0.1) is 5.69 Å². The smallest absolute Gasteiger partial charge is 0.148 e. The van der Waals surface area contributed by atoms with Crippen LogP contribution in [0.4, 0.5) is 5.82 Å². The number of anilines is 1. The molecular formula is C20H27N5. The third-order valence-electron chi connectivity index (χ3n) is 4.75. The van der Waals surface area contributed by atoms with E-state index >= 15 is 0 Å². The first kappa shape index (κ1) is 17.4. The second kappa shape index (κ2) is 7.23. The van der Waals surface area contributed by atoms with E-state index in [1.54, 1.807) is 0 Å². The van der Waals surface area contributed by atoms with Gasteiger partial charge in [-0.2, -0.15) is 0 Å². The van der Waals surface area contributed by atoms with E-state index in [0.717, 1.165) is 65.6 Å². The minimum absolute atomic E-state index is 0.929. The molecule has 0 amide bonds. The number of hydrogen-bond donors (Lipinski definition) is 1. The summed E-state index contributed by atoms with van der Waals surface area (Å²) in [7, 11) is 0. The molecule has 3 aromatic rings. The van der Waals surface area contributed by atoms with Crippen LogP contribution in [0.2, 0.25) is 0 Å². The van der Waals surface area contributed by atoms with Crippen LogP contribution in [0.1, 0.15) is 30.8 Å². The molecule has 0 aromatic carbocycles. The summed E-state index contributed by atoms with van der Waals surface area (Å²) < 4.78 is 2.16. The number of likely N-dealkylation sites (N-methyl/N-ethyl adjacent to an activating group) is 2. The zero-order chi connectivity index (χ0) is 18.0. The van der Waals surface area contributed by atoms with Crippen molar-refractivity contribution in [3.05, 3.63) is 41.7 Å². The van der Waals surface area contributed by atoms with E-state index in [4.69, 9.17) is 9.97 Å². The van der Waals surface area contributed by atoms with E-state index in [0.29, 0.717) is 0 Å². The number of rotatable bonds is 7. The molecule has 0 saturated carbocycles. The molecule has 3 rings (SSSR count). The summed E-state index contributed by atoms with van der Waals surface area (Å²) in [6.07, 6.45) is 1.86. The number of imidazole rings is 1. The molecule has 0 aliphatic carbocycles. The number of nitrogens with zero attached hydrogens (tertiary/aromatic N) is 4. The van der Waals surface area contributed by atoms with Gasteiger partial charge in [0.1, 0.15) is 17.1 Å². The SMILES string of the molecule is C=Cc1cc2ccc(N(CC)CCNCC)nc2n2c(C)c(C)nc12. The van der Waals surface area contributed by atoms with Crippen molar-refractivity contribution in [3.63, 3.8) is 0 Å². The Kier molecular flexibility index (Phi) is 5.04. The van der Waals surface area contributed by atoms with Crippen LogP contribution in [0.25, 0.3) is 22.8 Å². The van der Waals surface area contributed by atoms with Crippen LogP contribution < -0.4 is 10.2 Å². The lowest BCUT2D eigenvalue weighted by Crippen LogP contribution is -2.32. The fraction of sp³-hybridized carbons (Fsp3) is 0.400. The number of aryl methyl sites for hydroxylation is 2. The summed E-state index contributed by atoms with van der Waals surface area (Å²) in [5.41, 5.74) is 5.08. The summed E-state index contributed by atoms with van der Waals surface area (Å²) in [6.45, 7) is 16.2. The number of fused-ring (bicyclic) bond motifs is 3. The van der Waals surface area contributed by atoms with Gasteiger partial charge >= 0.3 is 0 Å². The summed E-state index contributed by atoms with van der Waals surface area (Å²) >= 11 is 0. The van der Waals surface area contributed by atoms with E-state index in [1.165, 1.54) is 0 Å². The summed E-state index contributed by atoms with van der Waals surface area (Å²) in [5, 5.41) is 4.49. The molecule has 0 aliphatic heterocycles. The molecule has 0 saturated heterocycles. The average Bonchev–Trinajstić information content (AvgIpc) is 2.93. The molecule has 25 heavy (non-hydrogen) atoms. The standard InChI is InChI=1S/C20H27N5/c1-6-16-13-17-9-10-18(24(8-3)12-11-21-7-2)23-20(17)25-15(5)14(4)22-19(16)25/h6,9-10,13,21H,1,7-8,11-12H2,2-5H3. The van der Waals surface area contributed by atoms with Crippen LogP contribution in [-0.2, 0) is 0 Å². The van der Waals surface area contributed by atoms with Crippen molar-refractivity contribution in [1.29, 1.82) is 0 Å². The molecule has 3 heterocycles. The average molecular weight is 337 g/mol. The Morgan fingerprint density at radius 1 is 1.20 bits per heavy atom. The van der Waals surface area contributed by atoms with Crippen LogP contribution in [0.15, 0.2) is 24.8 Å². The fourth-order valence-electron chi connectivity index (χ4n) is 3.19. The molecule has 0 unspecified atom stereocenters. The van der Waals surface area contributed by atoms with Gasteiger partial charge < -0.3 is 10.2 Å². The van der Waals surface area contributed by atoms with Crippen molar-refractivity contribution < 1.29 is 0 Å². The Hall–Kier alpha value is -2.40. The maximum atomic E-state index is 4.99. The molecule has 0 fully saturated rings. The lowest BCUT2D eigenvalue weighted by Gasteiger charge is -2.22. The van der Waals surface area contributed by atoms with Crippen molar-refractivity contribution >= 4 is 28.6 Å². The van der Waals surface area contributed by atoms with Gasteiger partial charge in [0, 0.05) is 36.3 Å². The predicted molar refractivity (Wildman–Crippen MR) is 106 cm³/mol. The van der Waals surface area contributed by atoms with E-state index in [1.807, 2.05) is 13.0 Å². The zero-order valence-corrected chi connectivity index (χ0v) is 15.6. The molecule has 0 spiro atoms. The second-order valence-electron chi connectivity index (χ2n) is 6.26. The molecule has 1 N–H and O–H groups in total. The maximum absolute atomic E-state index is 4.99. The molecule has 0 radical (unpaired) electrons. The Labute approximate surface area is 149 Å². The lowest BCUT2D eigenvalue weighted by molar-refractivity contribution is 0.684. The predicted octanol–water partition coefficient (Wildman–Crippen LogP) is 3.58. The highest BCUT2D eigenvalue weighted by Gasteiger charge is 2.14. The summed E-state index contributed by atoms with van der Waals surface area (Å²) in [6, 6.07) is 6.37. The second-order valence-corrected chi connectivity index (χ2v) is 6.26. The zero-order valence-electron chi connectivity index (χ0n) is 15.6. The van der Waals surface area contributed by atoms with Gasteiger partial charge in [-0.3, -0.25) is 4.40 Å². The van der Waals surface area contributed by atoms with Crippen molar-refractivity contribution in [2.75, 3.05) is 31.1 Å². The quantitative estimate of drug-likeness (QED) is 0.669. The Morgan fingerprint density at radius 2 is 2.00 bits per heavy atom. The van der Waals surface area contributed by atoms with Gasteiger partial charge in [-0.05, 0) is 45.5 Å². The Bertz CT molecular complexity index is 909. The highest BCUT2D eigenvalue weighted by atomic mass is 15.2. The number of aromatic nitrogens is 3. The summed E-state index contributed by atoms with van der Waals surface area (Å²) in [4.78, 5) is 12.0. The number of pyridine rings is 2. The van der Waals surface area contributed by atoms with Crippen molar-refractivity contribution in [3.8, 4) is 0 Å². The minimum Gasteiger partial charge on any atom is -0.356 e. The first-order chi connectivity index (χ1) is 12.1. The minimum atomic E-state index is 0.929. The molecule has 3 aromatic heterocycles. The number of nitrogens with one attached hydrogen (secondary N) is 1. The molecule has 0 aliphatic rings. The highest BCUT2D eigenvalue weighted by molar-refractivity contribution is 5.85. The Morgan fingerprint density at radius 3 is 2.68 bits per heavy atom. The van der Waals surface area contributed by atoms with Crippen LogP contribution >= 0.6 is 0 Å². The van der Waals surface area contributed by atoms with Crippen molar-refractivity contribution in [2.45, 2.75) is 27.7 Å². The first-order valence-electron chi connectivity index (χ1n) is 8.98. The third kappa shape index (κ3) is 3.12. The van der Waals surface area contributed by atoms with Crippen molar-refractivity contribution in [2.24, 2.45) is 0 Å². The van der Waals surface area contributed by atoms with Crippen LogP contribution in [0.5, 0.6) is 0 Å². The number of hydrogen-bond acceptors (Lipinski definition) is 4.